The monoisotopic (exact) mass is 376 g/mol. The molecule has 0 saturated carbocycles. The molecule has 7 heteroatoms. The summed E-state index contributed by atoms with van der Waals surface area (Å²) in [7, 11) is 1.64. The zero-order chi connectivity index (χ0) is 19.5. The topological polar surface area (TPSA) is 86.2 Å². The number of hydrogen-bond acceptors (Lipinski definition) is 6. The van der Waals surface area contributed by atoms with Crippen LogP contribution in [0.15, 0.2) is 59.1 Å². The lowest BCUT2D eigenvalue weighted by Crippen LogP contribution is -1.99. The molecule has 1 N–H and O–H groups in total. The summed E-state index contributed by atoms with van der Waals surface area (Å²) in [5.74, 6) is 1.71. The van der Waals surface area contributed by atoms with Gasteiger partial charge in [0.2, 0.25) is 0 Å². The van der Waals surface area contributed by atoms with Gasteiger partial charge >= 0.3 is 0 Å². The second kappa shape index (κ2) is 7.66. The number of hydrogen-bond donors (Lipinski definition) is 1. The van der Waals surface area contributed by atoms with Gasteiger partial charge in [0, 0.05) is 12.2 Å². The average Bonchev–Trinajstić information content (AvgIpc) is 3.35. The normalized spacial score (nSPS) is 11.0. The predicted molar refractivity (Wildman–Crippen MR) is 104 cm³/mol. The molecule has 0 aliphatic heterocycles. The second-order valence-corrected chi connectivity index (χ2v) is 6.34. The van der Waals surface area contributed by atoms with E-state index in [2.05, 4.69) is 10.1 Å². The lowest BCUT2D eigenvalue weighted by atomic mass is 10.1. The van der Waals surface area contributed by atoms with Crippen LogP contribution >= 0.6 is 0 Å². The van der Waals surface area contributed by atoms with Gasteiger partial charge < -0.3 is 14.4 Å². The van der Waals surface area contributed by atoms with Gasteiger partial charge in [0.25, 0.3) is 5.89 Å². The quantitative estimate of drug-likeness (QED) is 0.555. The molecule has 0 unspecified atom stereocenters. The molecule has 28 heavy (non-hydrogen) atoms. The number of benzene rings is 2. The highest BCUT2D eigenvalue weighted by Gasteiger charge is 2.17. The molecule has 0 atom stereocenters. The second-order valence-electron chi connectivity index (χ2n) is 6.34. The van der Waals surface area contributed by atoms with Crippen LogP contribution in [0, 0.1) is 6.92 Å². The van der Waals surface area contributed by atoms with E-state index in [0.29, 0.717) is 23.8 Å². The van der Waals surface area contributed by atoms with Crippen molar-refractivity contribution in [2.24, 2.45) is 0 Å². The van der Waals surface area contributed by atoms with E-state index in [9.17, 15) is 0 Å². The lowest BCUT2D eigenvalue weighted by Gasteiger charge is -2.09. The maximum absolute atomic E-state index is 9.13. The molecule has 0 spiro atoms. The fraction of sp³-hybridized carbons (Fsp3) is 0.190. The van der Waals surface area contributed by atoms with E-state index >= 15 is 0 Å². The van der Waals surface area contributed by atoms with Crippen LogP contribution in [-0.2, 0) is 6.42 Å². The third-order valence-electron chi connectivity index (χ3n) is 4.42. The molecule has 0 aliphatic carbocycles. The van der Waals surface area contributed by atoms with Crippen LogP contribution in [0.1, 0.15) is 11.4 Å². The maximum Gasteiger partial charge on any atom is 0.278 e. The Morgan fingerprint density at radius 3 is 2.43 bits per heavy atom. The highest BCUT2D eigenvalue weighted by atomic mass is 16.5. The first-order valence-electron chi connectivity index (χ1n) is 8.93. The van der Waals surface area contributed by atoms with Crippen molar-refractivity contribution in [2.45, 2.75) is 13.3 Å². The number of aromatic nitrogens is 4. The minimum Gasteiger partial charge on any atom is -0.497 e. The molecule has 0 fully saturated rings. The van der Waals surface area contributed by atoms with Crippen molar-refractivity contribution in [2.75, 3.05) is 13.7 Å². The summed E-state index contributed by atoms with van der Waals surface area (Å²) in [4.78, 5) is 4.29. The summed E-state index contributed by atoms with van der Waals surface area (Å²) in [5.41, 5.74) is 4.46. The van der Waals surface area contributed by atoms with Crippen molar-refractivity contribution in [3.05, 3.63) is 66.0 Å². The third-order valence-corrected chi connectivity index (χ3v) is 4.42. The van der Waals surface area contributed by atoms with E-state index in [1.54, 1.807) is 14.0 Å². The van der Waals surface area contributed by atoms with E-state index in [0.717, 1.165) is 28.3 Å². The first-order valence-corrected chi connectivity index (χ1v) is 8.93. The van der Waals surface area contributed by atoms with Gasteiger partial charge in [0.05, 0.1) is 18.5 Å². The molecular formula is C21H20N4O3. The first kappa shape index (κ1) is 17.9. The van der Waals surface area contributed by atoms with Crippen LogP contribution in [0.25, 0.3) is 28.5 Å². The van der Waals surface area contributed by atoms with Crippen LogP contribution in [0.3, 0.4) is 0 Å². The molecule has 7 nitrogen and oxygen atoms in total. The Bertz CT molecular complexity index is 1070. The van der Waals surface area contributed by atoms with E-state index in [-0.39, 0.29) is 6.61 Å². The van der Waals surface area contributed by atoms with E-state index < -0.39 is 0 Å². The summed E-state index contributed by atoms with van der Waals surface area (Å²) < 4.78 is 12.4. The summed E-state index contributed by atoms with van der Waals surface area (Å²) >= 11 is 0. The molecule has 0 amide bonds. The molecule has 2 aromatic heterocycles. The van der Waals surface area contributed by atoms with Crippen LogP contribution in [0.5, 0.6) is 5.75 Å². The number of aryl methyl sites for hydroxylation is 1. The first-order chi connectivity index (χ1) is 13.7. The number of nitrogens with zero attached hydrogens (tertiary/aromatic N) is 4. The number of rotatable bonds is 6. The fourth-order valence-electron chi connectivity index (χ4n) is 2.98. The minimum absolute atomic E-state index is 0.129. The molecular weight excluding hydrogens is 356 g/mol. The Balaban J connectivity index is 1.81. The van der Waals surface area contributed by atoms with Gasteiger partial charge in [-0.05, 0) is 49.2 Å². The summed E-state index contributed by atoms with van der Waals surface area (Å²) in [6, 6.07) is 17.6. The van der Waals surface area contributed by atoms with E-state index in [1.165, 1.54) is 0 Å². The van der Waals surface area contributed by atoms with E-state index in [1.807, 2.05) is 59.3 Å². The van der Waals surface area contributed by atoms with Gasteiger partial charge in [0.1, 0.15) is 5.75 Å². The Hall–Kier alpha value is -3.45. The number of ether oxygens (including phenoxy) is 1. The lowest BCUT2D eigenvalue weighted by molar-refractivity contribution is 0.299. The Morgan fingerprint density at radius 1 is 1.07 bits per heavy atom. The largest absolute Gasteiger partial charge is 0.497 e. The van der Waals surface area contributed by atoms with Gasteiger partial charge in [-0.25, -0.2) is 4.68 Å². The average molecular weight is 376 g/mol. The van der Waals surface area contributed by atoms with Gasteiger partial charge in [0.15, 0.2) is 11.5 Å². The van der Waals surface area contributed by atoms with Crippen molar-refractivity contribution in [1.82, 2.24) is 19.9 Å². The minimum atomic E-state index is 0.129. The molecule has 2 aromatic carbocycles. The molecule has 2 heterocycles. The van der Waals surface area contributed by atoms with Crippen LogP contribution in [0.4, 0.5) is 0 Å². The molecule has 0 radical (unpaired) electrons. The van der Waals surface area contributed by atoms with Crippen LogP contribution < -0.4 is 4.74 Å². The summed E-state index contributed by atoms with van der Waals surface area (Å²) in [5, 5.41) is 17.7. The third kappa shape index (κ3) is 3.52. The van der Waals surface area contributed by atoms with Crippen molar-refractivity contribution in [3.8, 4) is 34.3 Å². The van der Waals surface area contributed by atoms with E-state index in [4.69, 9.17) is 19.5 Å². The zero-order valence-corrected chi connectivity index (χ0v) is 15.7. The van der Waals surface area contributed by atoms with Gasteiger partial charge in [-0.1, -0.05) is 29.4 Å². The molecule has 0 aliphatic rings. The van der Waals surface area contributed by atoms with Gasteiger partial charge in [-0.15, -0.1) is 0 Å². The van der Waals surface area contributed by atoms with Gasteiger partial charge in [-0.2, -0.15) is 10.1 Å². The number of aliphatic hydroxyl groups is 1. The van der Waals surface area contributed by atoms with Crippen molar-refractivity contribution >= 4 is 0 Å². The number of methoxy groups -OCH3 is 1. The molecule has 4 aromatic rings. The maximum atomic E-state index is 9.13. The number of aliphatic hydroxyl groups excluding tert-OH is 1. The Labute approximate surface area is 162 Å². The van der Waals surface area contributed by atoms with Crippen molar-refractivity contribution < 1.29 is 14.4 Å². The molecule has 0 saturated heterocycles. The van der Waals surface area contributed by atoms with Crippen LogP contribution in [-0.4, -0.2) is 38.7 Å². The molecule has 4 rings (SSSR count). The standard InChI is InChI=1S/C21H20N4O3/c1-14-22-21(28-24-14)19-13-20(16-5-3-15(4-6-16)11-12-26)25(23-19)17-7-9-18(27-2)10-8-17/h3-10,13,26H,11-12H2,1-2H3. The highest BCUT2D eigenvalue weighted by Crippen LogP contribution is 2.29. The fourth-order valence-corrected chi connectivity index (χ4v) is 2.98. The molecule has 0 bridgehead atoms. The Morgan fingerprint density at radius 2 is 1.82 bits per heavy atom. The van der Waals surface area contributed by atoms with Gasteiger partial charge in [-0.3, -0.25) is 0 Å². The zero-order valence-electron chi connectivity index (χ0n) is 15.7. The summed E-state index contributed by atoms with van der Waals surface area (Å²) in [6.45, 7) is 1.90. The molecule has 142 valence electrons. The smallest absolute Gasteiger partial charge is 0.278 e. The van der Waals surface area contributed by atoms with Crippen molar-refractivity contribution in [1.29, 1.82) is 0 Å². The summed E-state index contributed by atoms with van der Waals surface area (Å²) in [6.07, 6.45) is 0.629. The Kier molecular flexibility index (Phi) is 4.90. The van der Waals surface area contributed by atoms with Crippen LogP contribution in [0.2, 0.25) is 0 Å². The van der Waals surface area contributed by atoms with Crippen molar-refractivity contribution in [3.63, 3.8) is 0 Å². The highest BCUT2D eigenvalue weighted by molar-refractivity contribution is 5.67. The predicted octanol–water partition coefficient (Wildman–Crippen LogP) is 3.44. The SMILES string of the molecule is COc1ccc(-n2nc(-c3nc(C)no3)cc2-c2ccc(CCO)cc2)cc1.